The Labute approximate surface area is 123 Å². The minimum atomic E-state index is 0.218. The van der Waals surface area contributed by atoms with Crippen molar-refractivity contribution < 1.29 is 5.11 Å². The second-order valence-electron chi connectivity index (χ2n) is 4.97. The molecule has 110 valence electrons. The number of phenolic OH excluding ortho intramolecular Hbond substituents is 1. The molecule has 0 atom stereocenters. The fraction of sp³-hybridized carbons (Fsp3) is 0.333. The molecule has 1 aromatic carbocycles. The van der Waals surface area contributed by atoms with E-state index in [1.165, 1.54) is 0 Å². The van der Waals surface area contributed by atoms with Crippen LogP contribution >= 0.6 is 0 Å². The van der Waals surface area contributed by atoms with E-state index < -0.39 is 0 Å². The van der Waals surface area contributed by atoms with Gasteiger partial charge in [0, 0.05) is 38.8 Å². The molecule has 1 aliphatic heterocycles. The molecule has 21 heavy (non-hydrogen) atoms. The van der Waals surface area contributed by atoms with E-state index in [0.717, 1.165) is 37.7 Å². The van der Waals surface area contributed by atoms with Crippen LogP contribution in [0.1, 0.15) is 0 Å². The molecule has 0 radical (unpaired) electrons. The van der Waals surface area contributed by atoms with Crippen molar-refractivity contribution in [3.63, 3.8) is 0 Å². The third-order valence-electron chi connectivity index (χ3n) is 3.65. The van der Waals surface area contributed by atoms with Crippen LogP contribution in [0.2, 0.25) is 0 Å². The molecule has 6 heteroatoms. The molecule has 2 heterocycles. The van der Waals surface area contributed by atoms with Crippen molar-refractivity contribution in [2.24, 2.45) is 0 Å². The molecule has 3 N–H and O–H groups in total. The van der Waals surface area contributed by atoms with Gasteiger partial charge in [-0.1, -0.05) is 12.1 Å². The Morgan fingerprint density at radius 3 is 2.67 bits per heavy atom. The lowest BCUT2D eigenvalue weighted by Crippen LogP contribution is -2.43. The van der Waals surface area contributed by atoms with Crippen molar-refractivity contribution in [2.75, 3.05) is 43.4 Å². The smallest absolute Gasteiger partial charge is 0.172 e. The van der Waals surface area contributed by atoms with E-state index in [1.807, 2.05) is 25.2 Å². The molecule has 3 rings (SSSR count). The maximum atomic E-state index is 9.98. The largest absolute Gasteiger partial charge is 0.507 e. The first-order chi connectivity index (χ1) is 10.3. The molecule has 2 aromatic rings. The van der Waals surface area contributed by atoms with Crippen LogP contribution in [0.15, 0.2) is 30.3 Å². The van der Waals surface area contributed by atoms with Gasteiger partial charge in [0.05, 0.1) is 11.4 Å². The van der Waals surface area contributed by atoms with Crippen molar-refractivity contribution in [3.05, 3.63) is 30.3 Å². The minimum Gasteiger partial charge on any atom is -0.507 e. The summed E-state index contributed by atoms with van der Waals surface area (Å²) in [5, 5.41) is 24.9. The van der Waals surface area contributed by atoms with Gasteiger partial charge in [0.1, 0.15) is 5.75 Å². The van der Waals surface area contributed by atoms with Crippen molar-refractivity contribution in [2.45, 2.75) is 0 Å². The topological polar surface area (TPSA) is 73.3 Å². The number of nitrogens with one attached hydrogen (secondary N) is 2. The zero-order valence-electron chi connectivity index (χ0n) is 12.0. The SMILES string of the molecule is CNc1nnc(-c2ccccc2O)cc1N1CCNCC1. The van der Waals surface area contributed by atoms with Crippen LogP contribution in [0.3, 0.4) is 0 Å². The van der Waals surface area contributed by atoms with E-state index in [-0.39, 0.29) is 5.75 Å². The molecule has 1 aromatic heterocycles. The number of phenols is 1. The van der Waals surface area contributed by atoms with Gasteiger partial charge >= 0.3 is 0 Å². The molecule has 1 aliphatic rings. The molecule has 0 spiro atoms. The molecule has 0 amide bonds. The zero-order chi connectivity index (χ0) is 14.7. The van der Waals surface area contributed by atoms with Crippen LogP contribution in [0.25, 0.3) is 11.3 Å². The lowest BCUT2D eigenvalue weighted by Gasteiger charge is -2.30. The summed E-state index contributed by atoms with van der Waals surface area (Å²) in [6, 6.07) is 9.17. The molecule has 0 aliphatic carbocycles. The first kappa shape index (κ1) is 13.6. The van der Waals surface area contributed by atoms with Crippen molar-refractivity contribution in [1.29, 1.82) is 0 Å². The number of hydrogen-bond acceptors (Lipinski definition) is 6. The standard InChI is InChI=1S/C15H19N5O/c1-16-15-13(20-8-6-17-7-9-20)10-12(18-19-15)11-4-2-3-5-14(11)21/h2-5,10,17,21H,6-9H2,1H3,(H,16,19). The number of para-hydroxylation sites is 1. The van der Waals surface area contributed by atoms with Gasteiger partial charge in [-0.05, 0) is 18.2 Å². The average molecular weight is 285 g/mol. The molecule has 0 saturated carbocycles. The summed E-state index contributed by atoms with van der Waals surface area (Å²) in [6.45, 7) is 3.77. The highest BCUT2D eigenvalue weighted by atomic mass is 16.3. The van der Waals surface area contributed by atoms with Gasteiger partial charge in [0.15, 0.2) is 5.82 Å². The van der Waals surface area contributed by atoms with Crippen LogP contribution < -0.4 is 15.5 Å². The number of anilines is 2. The second-order valence-corrected chi connectivity index (χ2v) is 4.97. The maximum absolute atomic E-state index is 9.98. The molecular weight excluding hydrogens is 266 g/mol. The second kappa shape index (κ2) is 5.97. The van der Waals surface area contributed by atoms with Crippen LogP contribution in [-0.2, 0) is 0 Å². The molecule has 6 nitrogen and oxygen atoms in total. The number of piperazine rings is 1. The number of rotatable bonds is 3. The number of aromatic nitrogens is 2. The molecule has 1 fully saturated rings. The third-order valence-corrected chi connectivity index (χ3v) is 3.65. The highest BCUT2D eigenvalue weighted by molar-refractivity contribution is 5.74. The quantitative estimate of drug-likeness (QED) is 0.789. The molecule has 0 unspecified atom stereocenters. The van der Waals surface area contributed by atoms with Crippen LogP contribution in [0.4, 0.5) is 11.5 Å². The van der Waals surface area contributed by atoms with Gasteiger partial charge in [0.2, 0.25) is 0 Å². The first-order valence-electron chi connectivity index (χ1n) is 7.09. The van der Waals surface area contributed by atoms with Crippen molar-refractivity contribution in [1.82, 2.24) is 15.5 Å². The van der Waals surface area contributed by atoms with Gasteiger partial charge in [0.25, 0.3) is 0 Å². The highest BCUT2D eigenvalue weighted by Gasteiger charge is 2.17. The van der Waals surface area contributed by atoms with Gasteiger partial charge in [-0.3, -0.25) is 0 Å². The van der Waals surface area contributed by atoms with Gasteiger partial charge < -0.3 is 20.6 Å². The Bertz CT molecular complexity index is 625. The molecule has 1 saturated heterocycles. The monoisotopic (exact) mass is 285 g/mol. The summed E-state index contributed by atoms with van der Waals surface area (Å²) >= 11 is 0. The zero-order valence-corrected chi connectivity index (χ0v) is 12.0. The summed E-state index contributed by atoms with van der Waals surface area (Å²) in [5.41, 5.74) is 2.40. The van der Waals surface area contributed by atoms with E-state index in [2.05, 4.69) is 25.7 Å². The van der Waals surface area contributed by atoms with Crippen LogP contribution in [0.5, 0.6) is 5.75 Å². The summed E-state index contributed by atoms with van der Waals surface area (Å²) in [4.78, 5) is 2.28. The molecular formula is C15H19N5O. The fourth-order valence-corrected chi connectivity index (χ4v) is 2.53. The van der Waals surface area contributed by atoms with E-state index in [0.29, 0.717) is 11.3 Å². The maximum Gasteiger partial charge on any atom is 0.172 e. The van der Waals surface area contributed by atoms with E-state index in [1.54, 1.807) is 12.1 Å². The fourth-order valence-electron chi connectivity index (χ4n) is 2.53. The summed E-state index contributed by atoms with van der Waals surface area (Å²) in [7, 11) is 1.84. The van der Waals surface area contributed by atoms with E-state index in [4.69, 9.17) is 0 Å². The lowest BCUT2D eigenvalue weighted by atomic mass is 10.1. The summed E-state index contributed by atoms with van der Waals surface area (Å²) < 4.78 is 0. The predicted octanol–water partition coefficient (Wildman–Crippen LogP) is 1.30. The molecule has 0 bridgehead atoms. The predicted molar refractivity (Wildman–Crippen MR) is 83.8 cm³/mol. The van der Waals surface area contributed by atoms with Crippen molar-refractivity contribution >= 4 is 11.5 Å². The van der Waals surface area contributed by atoms with Gasteiger partial charge in [-0.15, -0.1) is 10.2 Å². The Kier molecular flexibility index (Phi) is 3.87. The Morgan fingerprint density at radius 2 is 1.95 bits per heavy atom. The third kappa shape index (κ3) is 2.75. The van der Waals surface area contributed by atoms with E-state index >= 15 is 0 Å². The van der Waals surface area contributed by atoms with Gasteiger partial charge in [-0.25, -0.2) is 0 Å². The number of aromatic hydroxyl groups is 1. The number of hydrogen-bond donors (Lipinski definition) is 3. The van der Waals surface area contributed by atoms with Crippen LogP contribution in [-0.4, -0.2) is 48.5 Å². The number of benzene rings is 1. The minimum absolute atomic E-state index is 0.218. The Morgan fingerprint density at radius 1 is 1.19 bits per heavy atom. The van der Waals surface area contributed by atoms with Gasteiger partial charge in [-0.2, -0.15) is 0 Å². The average Bonchev–Trinajstić information content (AvgIpc) is 2.55. The normalized spacial score (nSPS) is 15.0. The number of nitrogens with zero attached hydrogens (tertiary/aromatic N) is 3. The highest BCUT2D eigenvalue weighted by Crippen LogP contribution is 2.32. The lowest BCUT2D eigenvalue weighted by molar-refractivity contribution is 0.477. The Balaban J connectivity index is 2.02. The summed E-state index contributed by atoms with van der Waals surface area (Å²) in [6.07, 6.45) is 0. The van der Waals surface area contributed by atoms with E-state index in [9.17, 15) is 5.11 Å². The van der Waals surface area contributed by atoms with Crippen molar-refractivity contribution in [3.8, 4) is 17.0 Å². The Hall–Kier alpha value is -2.34. The first-order valence-corrected chi connectivity index (χ1v) is 7.09. The summed E-state index contributed by atoms with van der Waals surface area (Å²) in [5.74, 6) is 0.978. The van der Waals surface area contributed by atoms with Crippen LogP contribution in [0, 0.1) is 0 Å².